The molecule has 1 N–H and O–H groups in total. The van der Waals surface area contributed by atoms with Gasteiger partial charge in [0, 0.05) is 31.0 Å². The predicted octanol–water partition coefficient (Wildman–Crippen LogP) is 3.00. The Bertz CT molecular complexity index is 527. The molecule has 21 heavy (non-hydrogen) atoms. The Balaban J connectivity index is 2.13. The fourth-order valence-electron chi connectivity index (χ4n) is 2.28. The average Bonchev–Trinajstić information content (AvgIpc) is 2.54. The summed E-state index contributed by atoms with van der Waals surface area (Å²) in [6, 6.07) is 10.2. The summed E-state index contributed by atoms with van der Waals surface area (Å²) in [5, 5.41) is 3.45. The first-order chi connectivity index (χ1) is 10.3. The smallest absolute Gasteiger partial charge is 0.133 e. The van der Waals surface area contributed by atoms with Crippen LogP contribution < -0.4 is 10.2 Å². The maximum absolute atomic E-state index is 4.58. The lowest BCUT2D eigenvalue weighted by Crippen LogP contribution is -2.26. The number of nitrogens with zero attached hydrogens (tertiary/aromatic N) is 3. The second-order valence-corrected chi connectivity index (χ2v) is 5.00. The van der Waals surface area contributed by atoms with Gasteiger partial charge in [-0.25, -0.2) is 4.98 Å². The summed E-state index contributed by atoms with van der Waals surface area (Å²) in [5.74, 6) is 1.05. The van der Waals surface area contributed by atoms with E-state index in [9.17, 15) is 0 Å². The average molecular weight is 284 g/mol. The first-order valence-corrected chi connectivity index (χ1v) is 7.64. The van der Waals surface area contributed by atoms with E-state index in [4.69, 9.17) is 0 Å². The van der Waals surface area contributed by atoms with Gasteiger partial charge in [-0.15, -0.1) is 0 Å². The van der Waals surface area contributed by atoms with Crippen LogP contribution in [0, 0.1) is 0 Å². The zero-order chi connectivity index (χ0) is 14.9. The van der Waals surface area contributed by atoms with Crippen molar-refractivity contribution in [1.82, 2.24) is 15.3 Å². The van der Waals surface area contributed by atoms with Gasteiger partial charge in [-0.1, -0.05) is 19.1 Å². The van der Waals surface area contributed by atoms with Crippen molar-refractivity contribution in [2.75, 3.05) is 18.0 Å². The van der Waals surface area contributed by atoms with Crippen LogP contribution in [0.3, 0.4) is 0 Å². The summed E-state index contributed by atoms with van der Waals surface area (Å²) in [5.41, 5.74) is 2.31. The van der Waals surface area contributed by atoms with Gasteiger partial charge in [0.2, 0.25) is 0 Å². The monoisotopic (exact) mass is 284 g/mol. The van der Waals surface area contributed by atoms with Crippen molar-refractivity contribution in [1.29, 1.82) is 0 Å². The fraction of sp³-hybridized carbons (Fsp3) is 0.412. The third kappa shape index (κ3) is 4.53. The normalized spacial score (nSPS) is 10.6. The van der Waals surface area contributed by atoms with Gasteiger partial charge in [0.05, 0.1) is 12.2 Å². The molecule has 4 heteroatoms. The van der Waals surface area contributed by atoms with E-state index in [-0.39, 0.29) is 0 Å². The molecule has 0 atom stereocenters. The highest BCUT2D eigenvalue weighted by Gasteiger charge is 2.11. The van der Waals surface area contributed by atoms with Crippen LogP contribution in [0.5, 0.6) is 0 Å². The number of hydrogen-bond donors (Lipinski definition) is 1. The van der Waals surface area contributed by atoms with Gasteiger partial charge in [0.1, 0.15) is 5.82 Å². The van der Waals surface area contributed by atoms with Crippen LogP contribution in [0.25, 0.3) is 0 Å². The number of pyridine rings is 2. The lowest BCUT2D eigenvalue weighted by atomic mass is 10.2. The molecule has 0 unspecified atom stereocenters. The zero-order valence-corrected chi connectivity index (χ0v) is 12.9. The van der Waals surface area contributed by atoms with E-state index in [1.54, 1.807) is 0 Å². The molecule has 0 amide bonds. The van der Waals surface area contributed by atoms with Crippen LogP contribution in [-0.4, -0.2) is 23.1 Å². The molecule has 2 rings (SSSR count). The fourth-order valence-corrected chi connectivity index (χ4v) is 2.28. The van der Waals surface area contributed by atoms with Crippen LogP contribution in [-0.2, 0) is 13.1 Å². The van der Waals surface area contributed by atoms with Crippen molar-refractivity contribution >= 4 is 5.82 Å². The van der Waals surface area contributed by atoms with E-state index < -0.39 is 0 Å². The molecule has 0 aliphatic carbocycles. The second kappa shape index (κ2) is 8.37. The minimum absolute atomic E-state index is 0.787. The highest BCUT2D eigenvalue weighted by atomic mass is 15.2. The van der Waals surface area contributed by atoms with E-state index in [1.807, 2.05) is 30.6 Å². The van der Waals surface area contributed by atoms with Crippen LogP contribution in [0.2, 0.25) is 0 Å². The Morgan fingerprint density at radius 3 is 2.62 bits per heavy atom. The molecule has 0 aliphatic rings. The number of rotatable bonds is 8. The number of aromatic nitrogens is 2. The quantitative estimate of drug-likeness (QED) is 0.757. The molecular formula is C17H24N4. The standard InChI is InChI=1S/C17H24N4/c1-3-10-18-13-15-8-7-12-20-17(15)21(4-2)14-16-9-5-6-11-19-16/h5-9,11-12,18H,3-4,10,13-14H2,1-2H3. The Labute approximate surface area is 127 Å². The van der Waals surface area contributed by atoms with E-state index in [0.29, 0.717) is 0 Å². The van der Waals surface area contributed by atoms with Crippen LogP contribution in [0.1, 0.15) is 31.5 Å². The van der Waals surface area contributed by atoms with Crippen LogP contribution >= 0.6 is 0 Å². The highest BCUT2D eigenvalue weighted by molar-refractivity contribution is 5.46. The summed E-state index contributed by atoms with van der Waals surface area (Å²) in [6.07, 6.45) is 4.84. The van der Waals surface area contributed by atoms with Crippen molar-refractivity contribution in [2.45, 2.75) is 33.4 Å². The predicted molar refractivity (Wildman–Crippen MR) is 87.2 cm³/mol. The molecule has 4 nitrogen and oxygen atoms in total. The van der Waals surface area contributed by atoms with Crippen LogP contribution in [0.4, 0.5) is 5.82 Å². The van der Waals surface area contributed by atoms with Gasteiger partial charge in [-0.05, 0) is 38.1 Å². The van der Waals surface area contributed by atoms with Gasteiger partial charge in [-0.3, -0.25) is 4.98 Å². The van der Waals surface area contributed by atoms with Crippen molar-refractivity contribution in [2.24, 2.45) is 0 Å². The number of hydrogen-bond acceptors (Lipinski definition) is 4. The maximum atomic E-state index is 4.58. The second-order valence-electron chi connectivity index (χ2n) is 5.00. The summed E-state index contributed by atoms with van der Waals surface area (Å²) in [4.78, 5) is 11.3. The molecule has 2 aromatic heterocycles. The lowest BCUT2D eigenvalue weighted by Gasteiger charge is -2.24. The molecule has 0 fully saturated rings. The van der Waals surface area contributed by atoms with Gasteiger partial charge in [0.15, 0.2) is 0 Å². The van der Waals surface area contributed by atoms with E-state index in [0.717, 1.165) is 44.1 Å². The van der Waals surface area contributed by atoms with Gasteiger partial charge in [-0.2, -0.15) is 0 Å². The summed E-state index contributed by atoms with van der Waals surface area (Å²) in [6.45, 7) is 7.91. The molecule has 0 aromatic carbocycles. The van der Waals surface area contributed by atoms with E-state index in [1.165, 1.54) is 5.56 Å². The molecule has 0 bridgehead atoms. The molecule has 2 heterocycles. The first-order valence-electron chi connectivity index (χ1n) is 7.64. The van der Waals surface area contributed by atoms with E-state index in [2.05, 4.69) is 46.2 Å². The zero-order valence-electron chi connectivity index (χ0n) is 12.9. The summed E-state index contributed by atoms with van der Waals surface area (Å²) >= 11 is 0. The van der Waals surface area contributed by atoms with E-state index >= 15 is 0 Å². The molecule has 2 aromatic rings. The molecular weight excluding hydrogens is 260 g/mol. The molecule has 0 spiro atoms. The van der Waals surface area contributed by atoms with Gasteiger partial charge < -0.3 is 10.2 Å². The topological polar surface area (TPSA) is 41.1 Å². The lowest BCUT2D eigenvalue weighted by molar-refractivity contribution is 0.668. The molecule has 0 radical (unpaired) electrons. The number of anilines is 1. The Kier molecular flexibility index (Phi) is 6.16. The largest absolute Gasteiger partial charge is 0.351 e. The van der Waals surface area contributed by atoms with Crippen molar-refractivity contribution in [3.05, 3.63) is 54.0 Å². The minimum atomic E-state index is 0.787. The van der Waals surface area contributed by atoms with Crippen LogP contribution in [0.15, 0.2) is 42.7 Å². The molecule has 0 saturated carbocycles. The van der Waals surface area contributed by atoms with Gasteiger partial charge >= 0.3 is 0 Å². The van der Waals surface area contributed by atoms with Crippen molar-refractivity contribution in [3.63, 3.8) is 0 Å². The van der Waals surface area contributed by atoms with Crippen molar-refractivity contribution in [3.8, 4) is 0 Å². The Morgan fingerprint density at radius 2 is 1.90 bits per heavy atom. The third-order valence-electron chi connectivity index (χ3n) is 3.37. The summed E-state index contributed by atoms with van der Waals surface area (Å²) < 4.78 is 0. The molecule has 0 saturated heterocycles. The minimum Gasteiger partial charge on any atom is -0.351 e. The van der Waals surface area contributed by atoms with Crippen molar-refractivity contribution < 1.29 is 0 Å². The third-order valence-corrected chi connectivity index (χ3v) is 3.37. The SMILES string of the molecule is CCCNCc1cccnc1N(CC)Cc1ccccn1. The Morgan fingerprint density at radius 1 is 1.05 bits per heavy atom. The summed E-state index contributed by atoms with van der Waals surface area (Å²) in [7, 11) is 0. The Hall–Kier alpha value is -1.94. The molecule has 112 valence electrons. The molecule has 0 aliphatic heterocycles. The maximum Gasteiger partial charge on any atom is 0.133 e. The highest BCUT2D eigenvalue weighted by Crippen LogP contribution is 2.18. The number of nitrogens with one attached hydrogen (secondary N) is 1. The van der Waals surface area contributed by atoms with Gasteiger partial charge in [0.25, 0.3) is 0 Å². The first kappa shape index (κ1) is 15.4.